The first-order chi connectivity index (χ1) is 13.8. The average Bonchev–Trinajstić information content (AvgIpc) is 3.14. The van der Waals surface area contributed by atoms with E-state index in [1.54, 1.807) is 26.2 Å². The van der Waals surface area contributed by atoms with Gasteiger partial charge in [0.25, 0.3) is 5.69 Å². The maximum absolute atomic E-state index is 12.8. The maximum Gasteiger partial charge on any atom is 0.293 e. The van der Waals surface area contributed by atoms with Gasteiger partial charge in [-0.05, 0) is 25.0 Å². The Kier molecular flexibility index (Phi) is 6.18. The monoisotopic (exact) mass is 422 g/mol. The van der Waals surface area contributed by atoms with Gasteiger partial charge in [0, 0.05) is 45.2 Å². The molecule has 1 unspecified atom stereocenters. The third kappa shape index (κ3) is 4.10. The van der Waals surface area contributed by atoms with E-state index in [1.807, 2.05) is 16.5 Å². The number of piperidine rings is 1. The van der Waals surface area contributed by atoms with E-state index in [4.69, 9.17) is 0 Å². The summed E-state index contributed by atoms with van der Waals surface area (Å²) >= 11 is 0. The normalized spacial score (nSPS) is 17.7. The quantitative estimate of drug-likeness (QED) is 0.496. The Bertz CT molecular complexity index is 986. The molecule has 0 N–H and O–H groups in total. The van der Waals surface area contributed by atoms with Crippen molar-refractivity contribution in [2.75, 3.05) is 31.1 Å². The Morgan fingerprint density at radius 1 is 1.31 bits per heavy atom. The molecule has 10 nitrogen and oxygen atoms in total. The summed E-state index contributed by atoms with van der Waals surface area (Å²) in [6.07, 6.45) is 3.42. The van der Waals surface area contributed by atoms with Crippen molar-refractivity contribution in [1.82, 2.24) is 19.1 Å². The molecule has 0 saturated carbocycles. The first-order valence-corrected chi connectivity index (χ1v) is 11.1. The number of nitrogens with zero attached hydrogens (tertiary/aromatic N) is 6. The molecule has 0 spiro atoms. The summed E-state index contributed by atoms with van der Waals surface area (Å²) in [5.74, 6) is 0.952. The van der Waals surface area contributed by atoms with E-state index in [0.29, 0.717) is 31.9 Å². The first kappa shape index (κ1) is 21.2. The fraction of sp³-hybridized carbons (Fsp3) is 0.556. The summed E-state index contributed by atoms with van der Waals surface area (Å²) in [7, 11) is -1.89. The van der Waals surface area contributed by atoms with Gasteiger partial charge in [-0.3, -0.25) is 10.1 Å². The van der Waals surface area contributed by atoms with Crippen LogP contribution in [0.25, 0.3) is 0 Å². The molecule has 3 rings (SSSR count). The minimum Gasteiger partial charge on any atom is -0.365 e. The molecule has 2 heterocycles. The van der Waals surface area contributed by atoms with Crippen molar-refractivity contribution in [2.24, 2.45) is 7.05 Å². The van der Waals surface area contributed by atoms with Crippen LogP contribution in [0.2, 0.25) is 0 Å². The Labute approximate surface area is 170 Å². The van der Waals surface area contributed by atoms with E-state index in [0.717, 1.165) is 18.7 Å². The topological polar surface area (TPSA) is 114 Å². The third-order valence-corrected chi connectivity index (χ3v) is 7.41. The molecule has 158 valence electrons. The number of hydrogen-bond acceptors (Lipinski definition) is 7. The van der Waals surface area contributed by atoms with Crippen molar-refractivity contribution in [3.63, 3.8) is 0 Å². The molecule has 2 aromatic rings. The Hall–Kier alpha value is -2.53. The highest BCUT2D eigenvalue weighted by Crippen LogP contribution is 2.36. The molecule has 1 aliphatic heterocycles. The second kappa shape index (κ2) is 8.46. The van der Waals surface area contributed by atoms with E-state index < -0.39 is 14.9 Å². The van der Waals surface area contributed by atoms with Gasteiger partial charge in [-0.2, -0.15) is 4.31 Å². The van der Waals surface area contributed by atoms with Gasteiger partial charge in [-0.25, -0.2) is 8.42 Å². The summed E-state index contributed by atoms with van der Waals surface area (Å²) in [5, 5.41) is 19.9. The van der Waals surface area contributed by atoms with Gasteiger partial charge in [0.2, 0.25) is 10.0 Å². The van der Waals surface area contributed by atoms with Gasteiger partial charge in [0.05, 0.1) is 9.82 Å². The minimum absolute atomic E-state index is 0.0569. The molecule has 1 fully saturated rings. The zero-order valence-corrected chi connectivity index (χ0v) is 17.7. The van der Waals surface area contributed by atoms with Crippen LogP contribution in [0, 0.1) is 10.1 Å². The molecule has 1 aromatic carbocycles. The van der Waals surface area contributed by atoms with Crippen LogP contribution in [0.5, 0.6) is 0 Å². The molecule has 0 amide bonds. The molecule has 1 saturated heterocycles. The van der Waals surface area contributed by atoms with Gasteiger partial charge in [-0.15, -0.1) is 10.2 Å². The lowest BCUT2D eigenvalue weighted by Gasteiger charge is -2.33. The van der Waals surface area contributed by atoms with E-state index in [2.05, 4.69) is 10.2 Å². The first-order valence-electron chi connectivity index (χ1n) is 9.67. The molecule has 0 radical (unpaired) electrons. The molecule has 0 bridgehead atoms. The summed E-state index contributed by atoms with van der Waals surface area (Å²) in [6.45, 7) is 5.32. The number of benzene rings is 1. The smallest absolute Gasteiger partial charge is 0.293 e. The van der Waals surface area contributed by atoms with Gasteiger partial charge in [-0.1, -0.05) is 13.8 Å². The minimum atomic E-state index is -3.77. The van der Waals surface area contributed by atoms with E-state index >= 15 is 0 Å². The molecular formula is C18H26N6O4S. The summed E-state index contributed by atoms with van der Waals surface area (Å²) in [4.78, 5) is 13.1. The van der Waals surface area contributed by atoms with Crippen LogP contribution in [-0.4, -0.2) is 58.6 Å². The highest BCUT2D eigenvalue weighted by molar-refractivity contribution is 7.89. The fourth-order valence-corrected chi connectivity index (χ4v) is 5.34. The lowest BCUT2D eigenvalue weighted by molar-refractivity contribution is -0.384. The van der Waals surface area contributed by atoms with Gasteiger partial charge in [0.1, 0.15) is 17.8 Å². The van der Waals surface area contributed by atoms with E-state index in [9.17, 15) is 18.5 Å². The van der Waals surface area contributed by atoms with Crippen molar-refractivity contribution < 1.29 is 13.3 Å². The molecule has 11 heteroatoms. The zero-order chi connectivity index (χ0) is 21.2. The number of sulfonamides is 1. The van der Waals surface area contributed by atoms with Crippen LogP contribution in [-0.2, 0) is 17.1 Å². The highest BCUT2D eigenvalue weighted by Gasteiger charge is 2.31. The van der Waals surface area contributed by atoms with Crippen molar-refractivity contribution in [2.45, 2.75) is 37.5 Å². The van der Waals surface area contributed by atoms with Crippen LogP contribution in [0.15, 0.2) is 29.4 Å². The number of rotatable bonds is 7. The van der Waals surface area contributed by atoms with Crippen molar-refractivity contribution in [3.05, 3.63) is 40.5 Å². The Morgan fingerprint density at radius 2 is 2.03 bits per heavy atom. The Morgan fingerprint density at radius 3 is 2.62 bits per heavy atom. The average molecular weight is 423 g/mol. The predicted molar refractivity (Wildman–Crippen MR) is 108 cm³/mol. The second-order valence-corrected chi connectivity index (χ2v) is 9.02. The number of anilines is 1. The molecular weight excluding hydrogens is 396 g/mol. The summed E-state index contributed by atoms with van der Waals surface area (Å²) < 4.78 is 28.7. The van der Waals surface area contributed by atoms with Crippen LogP contribution in [0.4, 0.5) is 11.4 Å². The van der Waals surface area contributed by atoms with E-state index in [-0.39, 0.29) is 16.5 Å². The fourth-order valence-electron chi connectivity index (χ4n) is 3.86. The number of hydrogen-bond donors (Lipinski definition) is 0. The van der Waals surface area contributed by atoms with Crippen molar-refractivity contribution >= 4 is 21.4 Å². The summed E-state index contributed by atoms with van der Waals surface area (Å²) in [6, 6.07) is 4.18. The molecule has 29 heavy (non-hydrogen) atoms. The number of aryl methyl sites for hydroxylation is 1. The molecule has 1 aliphatic rings. The molecule has 0 aliphatic carbocycles. The van der Waals surface area contributed by atoms with Crippen LogP contribution in [0.3, 0.4) is 0 Å². The molecule has 1 aromatic heterocycles. The standard InChI is InChI=1S/C18H26N6O4S/c1-4-23(5-2)29(27,28)15-8-9-16(17(11-15)24(25)26)22-10-6-7-14(12-22)18-20-19-13-21(18)3/h8-9,11,13-14H,4-7,10,12H2,1-3H3. The number of nitro benzene ring substituents is 1. The maximum atomic E-state index is 12.8. The largest absolute Gasteiger partial charge is 0.365 e. The van der Waals surface area contributed by atoms with E-state index in [1.165, 1.54) is 16.4 Å². The Balaban J connectivity index is 1.95. The lowest BCUT2D eigenvalue weighted by Crippen LogP contribution is -2.36. The van der Waals surface area contributed by atoms with Gasteiger partial charge in [0.15, 0.2) is 0 Å². The third-order valence-electron chi connectivity index (χ3n) is 5.36. The predicted octanol–water partition coefficient (Wildman–Crippen LogP) is 2.14. The second-order valence-electron chi connectivity index (χ2n) is 7.08. The SMILES string of the molecule is CCN(CC)S(=O)(=O)c1ccc(N2CCCC(c3nncn3C)C2)c([N+](=O)[O-])c1. The number of nitro groups is 1. The summed E-state index contributed by atoms with van der Waals surface area (Å²) in [5.41, 5.74) is 0.234. The number of aromatic nitrogens is 3. The van der Waals surface area contributed by atoms with Crippen molar-refractivity contribution in [1.29, 1.82) is 0 Å². The van der Waals surface area contributed by atoms with Crippen LogP contribution in [0.1, 0.15) is 38.4 Å². The highest BCUT2D eigenvalue weighted by atomic mass is 32.2. The van der Waals surface area contributed by atoms with Gasteiger partial charge >= 0.3 is 0 Å². The van der Waals surface area contributed by atoms with Crippen LogP contribution < -0.4 is 4.90 Å². The lowest BCUT2D eigenvalue weighted by atomic mass is 9.96. The zero-order valence-electron chi connectivity index (χ0n) is 16.9. The van der Waals surface area contributed by atoms with Gasteiger partial charge < -0.3 is 9.47 Å². The van der Waals surface area contributed by atoms with Crippen LogP contribution >= 0.6 is 0 Å². The molecule has 1 atom stereocenters. The van der Waals surface area contributed by atoms with Crippen molar-refractivity contribution in [3.8, 4) is 0 Å².